The summed E-state index contributed by atoms with van der Waals surface area (Å²) < 4.78 is 0. The first-order chi connectivity index (χ1) is 11.9. The Kier molecular flexibility index (Phi) is 4.82. The first kappa shape index (κ1) is 17.5. The van der Waals surface area contributed by atoms with Crippen LogP contribution < -0.4 is 10.6 Å². The van der Waals surface area contributed by atoms with Gasteiger partial charge in [0.1, 0.15) is 0 Å². The fourth-order valence-corrected chi connectivity index (χ4v) is 3.11. The number of hydrogen-bond acceptors (Lipinski definition) is 2. The Bertz CT molecular complexity index is 796. The molecule has 25 heavy (non-hydrogen) atoms. The second-order valence-electron chi connectivity index (χ2n) is 6.72. The number of amides is 2. The molecule has 0 bridgehead atoms. The van der Waals surface area contributed by atoms with Crippen LogP contribution in [0.2, 0.25) is 5.02 Å². The molecule has 4 nitrogen and oxygen atoms in total. The highest BCUT2D eigenvalue weighted by atomic mass is 35.5. The summed E-state index contributed by atoms with van der Waals surface area (Å²) >= 11 is 6.05. The lowest BCUT2D eigenvalue weighted by molar-refractivity contribution is -0.124. The van der Waals surface area contributed by atoms with Crippen LogP contribution in [0.5, 0.6) is 0 Å². The van der Waals surface area contributed by atoms with Gasteiger partial charge in [-0.3, -0.25) is 9.59 Å². The zero-order chi connectivity index (χ0) is 18.0. The van der Waals surface area contributed by atoms with Gasteiger partial charge in [-0.15, -0.1) is 0 Å². The second-order valence-corrected chi connectivity index (χ2v) is 7.13. The lowest BCUT2D eigenvalue weighted by Crippen LogP contribution is -2.38. The van der Waals surface area contributed by atoms with Crippen molar-refractivity contribution in [2.24, 2.45) is 0 Å². The summed E-state index contributed by atoms with van der Waals surface area (Å²) in [5.41, 5.74) is 1.69. The number of carbonyl (C=O) groups excluding carboxylic acids is 2. The highest BCUT2D eigenvalue weighted by Gasteiger charge is 2.51. The molecule has 130 valence electrons. The van der Waals surface area contributed by atoms with Crippen LogP contribution in [0.15, 0.2) is 48.5 Å². The van der Waals surface area contributed by atoms with Crippen molar-refractivity contribution in [3.05, 3.63) is 64.7 Å². The Morgan fingerprint density at radius 1 is 1.04 bits per heavy atom. The Morgan fingerprint density at radius 3 is 2.24 bits per heavy atom. The standard InChI is InChI=1S/C20H21ClN2O2/c1-13(2)22-19(25)20(11-12-20)14-7-9-15(10-8-14)23-18(24)16-5-3-4-6-17(16)21/h3-10,13H,11-12H2,1-2H3,(H,22,25)(H,23,24). The van der Waals surface area contributed by atoms with E-state index in [0.717, 1.165) is 18.4 Å². The van der Waals surface area contributed by atoms with Gasteiger partial charge >= 0.3 is 0 Å². The van der Waals surface area contributed by atoms with Crippen LogP contribution in [0.25, 0.3) is 0 Å². The van der Waals surface area contributed by atoms with Crippen LogP contribution in [0, 0.1) is 0 Å². The molecule has 0 spiro atoms. The monoisotopic (exact) mass is 356 g/mol. The molecule has 3 rings (SSSR count). The number of nitrogens with one attached hydrogen (secondary N) is 2. The van der Waals surface area contributed by atoms with Gasteiger partial charge in [-0.25, -0.2) is 0 Å². The minimum absolute atomic E-state index is 0.0790. The number of halogens is 1. The third kappa shape index (κ3) is 3.69. The molecule has 0 aromatic heterocycles. The zero-order valence-corrected chi connectivity index (χ0v) is 15.1. The van der Waals surface area contributed by atoms with Gasteiger partial charge in [0.25, 0.3) is 5.91 Å². The van der Waals surface area contributed by atoms with E-state index in [1.165, 1.54) is 0 Å². The van der Waals surface area contributed by atoms with Crippen LogP contribution in [-0.2, 0) is 10.2 Å². The molecule has 2 N–H and O–H groups in total. The molecule has 0 radical (unpaired) electrons. The average Bonchev–Trinajstić information content (AvgIpc) is 3.37. The van der Waals surface area contributed by atoms with Gasteiger partial charge in [0, 0.05) is 11.7 Å². The third-order valence-corrected chi connectivity index (χ3v) is 4.75. The predicted octanol–water partition coefficient (Wildman–Crippen LogP) is 4.15. The lowest BCUT2D eigenvalue weighted by Gasteiger charge is -2.18. The van der Waals surface area contributed by atoms with Crippen molar-refractivity contribution in [1.29, 1.82) is 0 Å². The summed E-state index contributed by atoms with van der Waals surface area (Å²) in [5.74, 6) is -0.174. The van der Waals surface area contributed by atoms with E-state index in [2.05, 4.69) is 10.6 Å². The smallest absolute Gasteiger partial charge is 0.257 e. The van der Waals surface area contributed by atoms with Gasteiger partial charge in [0.05, 0.1) is 16.0 Å². The lowest BCUT2D eigenvalue weighted by atomic mass is 9.94. The minimum Gasteiger partial charge on any atom is -0.353 e. The van der Waals surface area contributed by atoms with Gasteiger partial charge in [-0.1, -0.05) is 35.9 Å². The summed E-state index contributed by atoms with van der Waals surface area (Å²) in [4.78, 5) is 24.7. The van der Waals surface area contributed by atoms with Crippen molar-refractivity contribution >= 4 is 29.1 Å². The molecule has 1 aliphatic rings. The van der Waals surface area contributed by atoms with Crippen molar-refractivity contribution in [2.45, 2.75) is 38.1 Å². The van der Waals surface area contributed by atoms with Gasteiger partial charge in [0.15, 0.2) is 0 Å². The summed E-state index contributed by atoms with van der Waals surface area (Å²) in [7, 11) is 0. The Morgan fingerprint density at radius 2 is 1.68 bits per heavy atom. The molecule has 5 heteroatoms. The average molecular weight is 357 g/mol. The fourth-order valence-electron chi connectivity index (χ4n) is 2.89. The van der Waals surface area contributed by atoms with Gasteiger partial charge in [-0.05, 0) is 56.5 Å². The normalized spacial score (nSPS) is 14.9. The van der Waals surface area contributed by atoms with E-state index in [4.69, 9.17) is 11.6 Å². The topological polar surface area (TPSA) is 58.2 Å². The Hall–Kier alpha value is -2.33. The first-order valence-corrected chi connectivity index (χ1v) is 8.77. The largest absolute Gasteiger partial charge is 0.353 e. The van der Waals surface area contributed by atoms with Crippen molar-refractivity contribution in [3.8, 4) is 0 Å². The maximum absolute atomic E-state index is 12.4. The highest BCUT2D eigenvalue weighted by molar-refractivity contribution is 6.34. The predicted molar refractivity (Wildman–Crippen MR) is 100 cm³/mol. The summed E-state index contributed by atoms with van der Waals surface area (Å²) in [5, 5.41) is 6.25. The molecule has 2 aromatic carbocycles. The van der Waals surface area contributed by atoms with Gasteiger partial charge in [0.2, 0.25) is 5.91 Å². The molecular formula is C20H21ClN2O2. The van der Waals surface area contributed by atoms with Gasteiger partial charge < -0.3 is 10.6 Å². The van der Waals surface area contributed by atoms with Crippen molar-refractivity contribution in [1.82, 2.24) is 5.32 Å². The highest BCUT2D eigenvalue weighted by Crippen LogP contribution is 2.48. The Labute approximate surface area is 152 Å². The molecule has 2 aromatic rings. The summed E-state index contributed by atoms with van der Waals surface area (Å²) in [6.45, 7) is 3.92. The van der Waals surface area contributed by atoms with Crippen molar-refractivity contribution < 1.29 is 9.59 Å². The van der Waals surface area contributed by atoms with E-state index in [-0.39, 0.29) is 17.9 Å². The molecular weight excluding hydrogens is 336 g/mol. The molecule has 0 heterocycles. The molecule has 0 aliphatic heterocycles. The maximum Gasteiger partial charge on any atom is 0.257 e. The molecule has 0 atom stereocenters. The number of anilines is 1. The fraction of sp³-hybridized carbons (Fsp3) is 0.300. The van der Waals surface area contributed by atoms with Crippen LogP contribution in [-0.4, -0.2) is 17.9 Å². The van der Waals surface area contributed by atoms with E-state index in [1.807, 2.05) is 38.1 Å². The molecule has 0 saturated heterocycles. The van der Waals surface area contributed by atoms with Crippen LogP contribution >= 0.6 is 11.6 Å². The van der Waals surface area contributed by atoms with E-state index in [1.54, 1.807) is 24.3 Å². The summed E-state index contributed by atoms with van der Waals surface area (Å²) in [6.07, 6.45) is 1.72. The molecule has 2 amide bonds. The SMILES string of the molecule is CC(C)NC(=O)C1(c2ccc(NC(=O)c3ccccc3Cl)cc2)CC1. The quantitative estimate of drug-likeness (QED) is 0.845. The number of benzene rings is 2. The van der Waals surface area contributed by atoms with E-state index >= 15 is 0 Å². The van der Waals surface area contributed by atoms with E-state index in [9.17, 15) is 9.59 Å². The first-order valence-electron chi connectivity index (χ1n) is 8.40. The van der Waals surface area contributed by atoms with E-state index < -0.39 is 5.41 Å². The molecule has 0 unspecified atom stereocenters. The second kappa shape index (κ2) is 6.89. The van der Waals surface area contributed by atoms with Crippen molar-refractivity contribution in [2.75, 3.05) is 5.32 Å². The van der Waals surface area contributed by atoms with Crippen LogP contribution in [0.1, 0.15) is 42.6 Å². The molecule has 1 saturated carbocycles. The molecule has 1 aliphatic carbocycles. The minimum atomic E-state index is -0.407. The number of carbonyl (C=O) groups is 2. The third-order valence-electron chi connectivity index (χ3n) is 4.42. The summed E-state index contributed by atoms with van der Waals surface area (Å²) in [6, 6.07) is 14.5. The zero-order valence-electron chi connectivity index (χ0n) is 14.3. The van der Waals surface area contributed by atoms with Crippen LogP contribution in [0.4, 0.5) is 5.69 Å². The number of rotatable bonds is 5. The van der Waals surface area contributed by atoms with Gasteiger partial charge in [-0.2, -0.15) is 0 Å². The van der Waals surface area contributed by atoms with Crippen molar-refractivity contribution in [3.63, 3.8) is 0 Å². The Balaban J connectivity index is 1.72. The van der Waals surface area contributed by atoms with E-state index in [0.29, 0.717) is 16.3 Å². The van der Waals surface area contributed by atoms with Crippen LogP contribution in [0.3, 0.4) is 0 Å². The number of hydrogen-bond donors (Lipinski definition) is 2. The molecule has 1 fully saturated rings. The maximum atomic E-state index is 12.4.